The summed E-state index contributed by atoms with van der Waals surface area (Å²) in [6.07, 6.45) is 0.646. The van der Waals surface area contributed by atoms with E-state index in [0.717, 1.165) is 10.9 Å². The van der Waals surface area contributed by atoms with Crippen LogP contribution < -0.4 is 0 Å². The number of aliphatic hydroxyl groups excluding tert-OH is 1. The van der Waals surface area contributed by atoms with Crippen molar-refractivity contribution in [2.24, 2.45) is 0 Å². The number of hydrogen-bond donors (Lipinski definition) is 1. The summed E-state index contributed by atoms with van der Waals surface area (Å²) in [6.45, 7) is 0. The van der Waals surface area contributed by atoms with E-state index in [1.165, 1.54) is 18.2 Å². The molecule has 3 rings (SSSR count). The van der Waals surface area contributed by atoms with Crippen molar-refractivity contribution in [1.82, 2.24) is 4.98 Å². The van der Waals surface area contributed by atoms with E-state index in [4.69, 9.17) is 11.6 Å². The molecule has 0 spiro atoms. The number of nitrogens with zero attached hydrogens (tertiary/aromatic N) is 1. The largest absolute Gasteiger partial charge is 0.384 e. The predicted molar refractivity (Wildman–Crippen MR) is 77.2 cm³/mol. The number of fused-ring (bicyclic) bond motifs is 1. The van der Waals surface area contributed by atoms with Gasteiger partial charge in [-0.3, -0.25) is 4.98 Å². The van der Waals surface area contributed by atoms with E-state index in [0.29, 0.717) is 10.6 Å². The van der Waals surface area contributed by atoms with Crippen LogP contribution in [-0.4, -0.2) is 10.1 Å². The van der Waals surface area contributed by atoms with Crippen molar-refractivity contribution in [3.8, 4) is 0 Å². The molecule has 3 aromatic rings. The molecule has 1 heterocycles. The highest BCUT2D eigenvalue weighted by atomic mass is 35.5. The summed E-state index contributed by atoms with van der Waals surface area (Å²) in [5, 5.41) is 11.6. The van der Waals surface area contributed by atoms with E-state index in [1.807, 2.05) is 12.1 Å². The van der Waals surface area contributed by atoms with E-state index < -0.39 is 11.9 Å². The minimum Gasteiger partial charge on any atom is -0.384 e. The van der Waals surface area contributed by atoms with Crippen LogP contribution in [0.3, 0.4) is 0 Å². The Morgan fingerprint density at radius 3 is 2.80 bits per heavy atom. The molecule has 0 aliphatic rings. The molecule has 1 N–H and O–H groups in total. The molecule has 2 aromatic carbocycles. The van der Waals surface area contributed by atoms with E-state index in [9.17, 15) is 9.50 Å². The fourth-order valence-corrected chi connectivity index (χ4v) is 2.35. The number of halogens is 2. The number of hydrogen-bond acceptors (Lipinski definition) is 2. The highest BCUT2D eigenvalue weighted by molar-refractivity contribution is 6.30. The lowest BCUT2D eigenvalue weighted by atomic mass is 9.99. The lowest BCUT2D eigenvalue weighted by Crippen LogP contribution is -2.02. The maximum absolute atomic E-state index is 13.8. The molecule has 1 aromatic heterocycles. The van der Waals surface area contributed by atoms with Gasteiger partial charge in [0.15, 0.2) is 0 Å². The zero-order chi connectivity index (χ0) is 14.1. The average Bonchev–Trinajstić information content (AvgIpc) is 2.48. The summed E-state index contributed by atoms with van der Waals surface area (Å²) in [5.41, 5.74) is 1.60. The van der Waals surface area contributed by atoms with Gasteiger partial charge in [0, 0.05) is 22.2 Å². The minimum absolute atomic E-state index is 0.167. The lowest BCUT2D eigenvalue weighted by molar-refractivity contribution is 0.215. The Morgan fingerprint density at radius 1 is 1.10 bits per heavy atom. The molecule has 1 unspecified atom stereocenters. The topological polar surface area (TPSA) is 33.1 Å². The molecule has 0 amide bonds. The zero-order valence-electron chi connectivity index (χ0n) is 10.4. The molecule has 4 heteroatoms. The first-order chi connectivity index (χ1) is 9.65. The summed E-state index contributed by atoms with van der Waals surface area (Å²) >= 11 is 5.86. The Balaban J connectivity index is 2.07. The molecule has 0 aliphatic heterocycles. The molecular weight excluding hydrogens is 277 g/mol. The van der Waals surface area contributed by atoms with E-state index in [2.05, 4.69) is 4.98 Å². The second-order valence-electron chi connectivity index (χ2n) is 4.52. The van der Waals surface area contributed by atoms with Crippen LogP contribution in [0.1, 0.15) is 17.2 Å². The van der Waals surface area contributed by atoms with E-state index in [-0.39, 0.29) is 5.56 Å². The van der Waals surface area contributed by atoms with Crippen molar-refractivity contribution in [2.45, 2.75) is 6.10 Å². The van der Waals surface area contributed by atoms with Crippen molar-refractivity contribution in [3.05, 3.63) is 76.7 Å². The molecule has 1 atom stereocenters. The maximum atomic E-state index is 13.8. The molecule has 0 aliphatic carbocycles. The fraction of sp³-hybridized carbons (Fsp3) is 0.0625. The molecule has 20 heavy (non-hydrogen) atoms. The zero-order valence-corrected chi connectivity index (χ0v) is 11.2. The van der Waals surface area contributed by atoms with Gasteiger partial charge in [-0.25, -0.2) is 4.39 Å². The number of aromatic nitrogens is 1. The minimum atomic E-state index is -1.06. The van der Waals surface area contributed by atoms with Gasteiger partial charge in [-0.05, 0) is 42.0 Å². The smallest absolute Gasteiger partial charge is 0.129 e. The van der Waals surface area contributed by atoms with Crippen LogP contribution in [0, 0.1) is 5.82 Å². The van der Waals surface area contributed by atoms with Gasteiger partial charge in [0.05, 0.1) is 5.52 Å². The third-order valence-electron chi connectivity index (χ3n) is 3.20. The Kier molecular flexibility index (Phi) is 3.38. The first-order valence-corrected chi connectivity index (χ1v) is 6.50. The number of benzene rings is 2. The molecule has 0 saturated carbocycles. The van der Waals surface area contributed by atoms with Gasteiger partial charge < -0.3 is 5.11 Å². The van der Waals surface area contributed by atoms with Crippen molar-refractivity contribution in [1.29, 1.82) is 0 Å². The Morgan fingerprint density at radius 2 is 1.95 bits per heavy atom. The molecule has 100 valence electrons. The quantitative estimate of drug-likeness (QED) is 0.769. The lowest BCUT2D eigenvalue weighted by Gasteiger charge is -2.13. The van der Waals surface area contributed by atoms with Crippen LogP contribution in [-0.2, 0) is 0 Å². The number of pyridine rings is 1. The van der Waals surface area contributed by atoms with Crippen molar-refractivity contribution >= 4 is 22.5 Å². The SMILES string of the molecule is OC(c1ccc2ncccc2c1)c1cc(Cl)ccc1F. The first-order valence-electron chi connectivity index (χ1n) is 6.13. The highest BCUT2D eigenvalue weighted by Crippen LogP contribution is 2.28. The van der Waals surface area contributed by atoms with Crippen LogP contribution in [0.5, 0.6) is 0 Å². The Labute approximate surface area is 120 Å². The number of aliphatic hydroxyl groups is 1. The van der Waals surface area contributed by atoms with Crippen LogP contribution in [0.15, 0.2) is 54.7 Å². The summed E-state index contributed by atoms with van der Waals surface area (Å²) in [5.74, 6) is -0.479. The standard InChI is InChI=1S/C16H11ClFNO/c17-12-4-5-14(18)13(9-12)16(20)11-3-6-15-10(8-11)2-1-7-19-15/h1-9,16,20H. The third-order valence-corrected chi connectivity index (χ3v) is 3.43. The molecule has 0 fully saturated rings. The van der Waals surface area contributed by atoms with Gasteiger partial charge in [0.25, 0.3) is 0 Å². The Hall–Kier alpha value is -1.97. The van der Waals surface area contributed by atoms with Crippen LogP contribution in [0.25, 0.3) is 10.9 Å². The molecule has 0 radical (unpaired) electrons. The van der Waals surface area contributed by atoms with E-state index in [1.54, 1.807) is 24.4 Å². The van der Waals surface area contributed by atoms with Gasteiger partial charge >= 0.3 is 0 Å². The van der Waals surface area contributed by atoms with E-state index >= 15 is 0 Å². The van der Waals surface area contributed by atoms with Crippen molar-refractivity contribution < 1.29 is 9.50 Å². The average molecular weight is 288 g/mol. The highest BCUT2D eigenvalue weighted by Gasteiger charge is 2.16. The van der Waals surface area contributed by atoms with Crippen LogP contribution in [0.2, 0.25) is 5.02 Å². The normalized spacial score (nSPS) is 12.6. The van der Waals surface area contributed by atoms with Gasteiger partial charge in [-0.15, -0.1) is 0 Å². The summed E-state index contributed by atoms with van der Waals surface area (Å²) in [7, 11) is 0. The van der Waals surface area contributed by atoms with Gasteiger partial charge in [0.2, 0.25) is 0 Å². The van der Waals surface area contributed by atoms with Crippen molar-refractivity contribution in [3.63, 3.8) is 0 Å². The fourth-order valence-electron chi connectivity index (χ4n) is 2.17. The molecular formula is C16H11ClFNO. The first kappa shape index (κ1) is 13.0. The summed E-state index contributed by atoms with van der Waals surface area (Å²) in [4.78, 5) is 4.21. The molecule has 0 saturated heterocycles. The van der Waals surface area contributed by atoms with Crippen LogP contribution >= 0.6 is 11.6 Å². The number of rotatable bonds is 2. The Bertz CT molecular complexity index is 775. The summed E-state index contributed by atoms with van der Waals surface area (Å²) in [6, 6.07) is 13.2. The van der Waals surface area contributed by atoms with Gasteiger partial charge in [0.1, 0.15) is 11.9 Å². The second-order valence-corrected chi connectivity index (χ2v) is 4.96. The van der Waals surface area contributed by atoms with Crippen molar-refractivity contribution in [2.75, 3.05) is 0 Å². The monoisotopic (exact) mass is 287 g/mol. The van der Waals surface area contributed by atoms with Gasteiger partial charge in [-0.1, -0.05) is 23.7 Å². The maximum Gasteiger partial charge on any atom is 0.129 e. The molecule has 0 bridgehead atoms. The van der Waals surface area contributed by atoms with Crippen LogP contribution in [0.4, 0.5) is 4.39 Å². The predicted octanol–water partition coefficient (Wildman–Crippen LogP) is 4.11. The second kappa shape index (κ2) is 5.19. The van der Waals surface area contributed by atoms with Gasteiger partial charge in [-0.2, -0.15) is 0 Å². The third kappa shape index (κ3) is 2.38. The summed E-state index contributed by atoms with van der Waals surface area (Å²) < 4.78 is 13.8. The molecule has 2 nitrogen and oxygen atoms in total.